The van der Waals surface area contributed by atoms with Gasteiger partial charge in [0.15, 0.2) is 18.1 Å². The molecule has 0 unspecified atom stereocenters. The van der Waals surface area contributed by atoms with Crippen molar-refractivity contribution in [3.8, 4) is 17.2 Å². The van der Waals surface area contributed by atoms with Crippen LogP contribution in [-0.2, 0) is 4.79 Å². The summed E-state index contributed by atoms with van der Waals surface area (Å²) in [5.74, 6) is 1.75. The summed E-state index contributed by atoms with van der Waals surface area (Å²) < 4.78 is 16.7. The first-order valence-corrected chi connectivity index (χ1v) is 8.43. The maximum Gasteiger partial charge on any atom is 0.262 e. The molecule has 0 aromatic heterocycles. The molecule has 0 bridgehead atoms. The van der Waals surface area contributed by atoms with Crippen molar-refractivity contribution in [3.63, 3.8) is 0 Å². The van der Waals surface area contributed by atoms with Crippen LogP contribution in [0.4, 0.5) is 5.69 Å². The van der Waals surface area contributed by atoms with Crippen LogP contribution in [0.3, 0.4) is 0 Å². The number of aryl methyl sites for hydroxylation is 2. The highest BCUT2D eigenvalue weighted by Gasteiger charge is 2.10. The monoisotopic (exact) mass is 343 g/mol. The van der Waals surface area contributed by atoms with Crippen molar-refractivity contribution in [1.82, 2.24) is 0 Å². The summed E-state index contributed by atoms with van der Waals surface area (Å²) in [5, 5.41) is 2.81. The summed E-state index contributed by atoms with van der Waals surface area (Å²) in [4.78, 5) is 12.1. The van der Waals surface area contributed by atoms with Gasteiger partial charge in [0.25, 0.3) is 5.91 Å². The normalized spacial score (nSPS) is 10.2. The van der Waals surface area contributed by atoms with E-state index in [9.17, 15) is 4.79 Å². The second-order valence-electron chi connectivity index (χ2n) is 5.63. The molecule has 5 heteroatoms. The van der Waals surface area contributed by atoms with Crippen molar-refractivity contribution >= 4 is 11.6 Å². The molecule has 0 aliphatic rings. The van der Waals surface area contributed by atoms with E-state index in [0.717, 1.165) is 11.1 Å². The van der Waals surface area contributed by atoms with Gasteiger partial charge in [-0.15, -0.1) is 0 Å². The first-order valence-electron chi connectivity index (χ1n) is 8.43. The molecule has 2 aromatic rings. The Morgan fingerprint density at radius 3 is 2.24 bits per heavy atom. The maximum atomic E-state index is 12.1. The van der Waals surface area contributed by atoms with Crippen LogP contribution in [0.1, 0.15) is 25.0 Å². The highest BCUT2D eigenvalue weighted by molar-refractivity contribution is 5.92. The third-order valence-electron chi connectivity index (χ3n) is 3.52. The summed E-state index contributed by atoms with van der Waals surface area (Å²) in [7, 11) is 0. The van der Waals surface area contributed by atoms with E-state index in [1.54, 1.807) is 18.2 Å². The van der Waals surface area contributed by atoms with Gasteiger partial charge in [-0.2, -0.15) is 0 Å². The maximum absolute atomic E-state index is 12.1. The molecule has 0 aliphatic carbocycles. The lowest BCUT2D eigenvalue weighted by Gasteiger charge is -2.13. The van der Waals surface area contributed by atoms with Crippen LogP contribution in [0, 0.1) is 13.8 Å². The van der Waals surface area contributed by atoms with Crippen molar-refractivity contribution in [2.75, 3.05) is 25.1 Å². The van der Waals surface area contributed by atoms with Gasteiger partial charge in [-0.05, 0) is 51.5 Å². The van der Waals surface area contributed by atoms with Crippen LogP contribution in [0.2, 0.25) is 0 Å². The van der Waals surface area contributed by atoms with Crippen molar-refractivity contribution in [2.24, 2.45) is 0 Å². The molecule has 0 heterocycles. The summed E-state index contributed by atoms with van der Waals surface area (Å²) in [6, 6.07) is 11.2. The number of hydrogen-bond acceptors (Lipinski definition) is 4. The molecule has 2 aromatic carbocycles. The first kappa shape index (κ1) is 18.6. The van der Waals surface area contributed by atoms with Crippen molar-refractivity contribution in [2.45, 2.75) is 27.7 Å². The third-order valence-corrected chi connectivity index (χ3v) is 3.52. The Morgan fingerprint density at radius 2 is 1.56 bits per heavy atom. The van der Waals surface area contributed by atoms with E-state index in [2.05, 4.69) is 5.32 Å². The largest absolute Gasteiger partial charge is 0.490 e. The Balaban J connectivity index is 1.98. The van der Waals surface area contributed by atoms with Crippen molar-refractivity contribution in [1.29, 1.82) is 0 Å². The number of benzene rings is 2. The SMILES string of the molecule is CCOc1ccc(NC(=O)COc2ccc(C)cc2C)cc1OCC. The smallest absolute Gasteiger partial charge is 0.262 e. The minimum atomic E-state index is -0.230. The van der Waals surface area contributed by atoms with Gasteiger partial charge < -0.3 is 19.5 Å². The number of nitrogens with one attached hydrogen (secondary N) is 1. The lowest BCUT2D eigenvalue weighted by Crippen LogP contribution is -2.20. The molecule has 0 saturated carbocycles. The van der Waals surface area contributed by atoms with Crippen LogP contribution < -0.4 is 19.5 Å². The van der Waals surface area contributed by atoms with Crippen LogP contribution in [0.15, 0.2) is 36.4 Å². The second-order valence-corrected chi connectivity index (χ2v) is 5.63. The molecular weight excluding hydrogens is 318 g/mol. The molecule has 1 N–H and O–H groups in total. The molecule has 2 rings (SSSR count). The van der Waals surface area contributed by atoms with Crippen molar-refractivity contribution in [3.05, 3.63) is 47.5 Å². The molecule has 1 amide bonds. The molecule has 25 heavy (non-hydrogen) atoms. The highest BCUT2D eigenvalue weighted by Crippen LogP contribution is 2.30. The summed E-state index contributed by atoms with van der Waals surface area (Å²) in [5.41, 5.74) is 2.81. The zero-order chi connectivity index (χ0) is 18.2. The topological polar surface area (TPSA) is 56.8 Å². The molecule has 0 saturated heterocycles. The second kappa shape index (κ2) is 8.97. The fourth-order valence-electron chi connectivity index (χ4n) is 2.43. The van der Waals surface area contributed by atoms with Crippen LogP contribution in [-0.4, -0.2) is 25.7 Å². The number of anilines is 1. The summed E-state index contributed by atoms with van der Waals surface area (Å²) >= 11 is 0. The molecule has 0 spiro atoms. The molecule has 0 aliphatic heterocycles. The van der Waals surface area contributed by atoms with Gasteiger partial charge in [0.1, 0.15) is 5.75 Å². The number of amides is 1. The lowest BCUT2D eigenvalue weighted by molar-refractivity contribution is -0.118. The van der Waals surface area contributed by atoms with Crippen LogP contribution in [0.25, 0.3) is 0 Å². The molecule has 0 atom stereocenters. The molecular formula is C20H25NO4. The lowest BCUT2D eigenvalue weighted by atomic mass is 10.1. The fraction of sp³-hybridized carbons (Fsp3) is 0.350. The van der Waals surface area contributed by atoms with Gasteiger partial charge in [0.05, 0.1) is 13.2 Å². The van der Waals surface area contributed by atoms with E-state index in [1.807, 2.05) is 45.9 Å². The number of rotatable bonds is 8. The van der Waals surface area contributed by atoms with Gasteiger partial charge >= 0.3 is 0 Å². The quantitative estimate of drug-likeness (QED) is 0.783. The van der Waals surface area contributed by atoms with E-state index in [-0.39, 0.29) is 12.5 Å². The van der Waals surface area contributed by atoms with Gasteiger partial charge in [0.2, 0.25) is 0 Å². The number of hydrogen-bond donors (Lipinski definition) is 1. The average Bonchev–Trinajstić information content (AvgIpc) is 2.57. The first-order chi connectivity index (χ1) is 12.0. The van der Waals surface area contributed by atoms with E-state index in [0.29, 0.717) is 36.1 Å². The molecule has 0 fully saturated rings. The minimum Gasteiger partial charge on any atom is -0.490 e. The van der Waals surface area contributed by atoms with Gasteiger partial charge in [-0.1, -0.05) is 17.7 Å². The number of carbonyl (C=O) groups is 1. The molecule has 0 radical (unpaired) electrons. The molecule has 5 nitrogen and oxygen atoms in total. The van der Waals surface area contributed by atoms with E-state index in [1.165, 1.54) is 0 Å². The third kappa shape index (κ3) is 5.41. The minimum absolute atomic E-state index is 0.0545. The Kier molecular flexibility index (Phi) is 6.69. The van der Waals surface area contributed by atoms with Crippen LogP contribution in [0.5, 0.6) is 17.2 Å². The predicted molar refractivity (Wildman–Crippen MR) is 98.8 cm³/mol. The summed E-state index contributed by atoms with van der Waals surface area (Å²) in [6.07, 6.45) is 0. The number of ether oxygens (including phenoxy) is 3. The fourth-order valence-corrected chi connectivity index (χ4v) is 2.43. The Labute approximate surface area is 148 Å². The van der Waals surface area contributed by atoms with Crippen molar-refractivity contribution < 1.29 is 19.0 Å². The average molecular weight is 343 g/mol. The molecule has 134 valence electrons. The zero-order valence-electron chi connectivity index (χ0n) is 15.2. The highest BCUT2D eigenvalue weighted by atomic mass is 16.5. The summed E-state index contributed by atoms with van der Waals surface area (Å²) in [6.45, 7) is 8.81. The Hall–Kier alpha value is -2.69. The Morgan fingerprint density at radius 1 is 0.880 bits per heavy atom. The van der Waals surface area contributed by atoms with Gasteiger partial charge in [-0.3, -0.25) is 4.79 Å². The van der Waals surface area contributed by atoms with E-state index in [4.69, 9.17) is 14.2 Å². The van der Waals surface area contributed by atoms with E-state index < -0.39 is 0 Å². The van der Waals surface area contributed by atoms with Crippen LogP contribution >= 0.6 is 0 Å². The zero-order valence-corrected chi connectivity index (χ0v) is 15.2. The van der Waals surface area contributed by atoms with Gasteiger partial charge in [-0.25, -0.2) is 0 Å². The number of carbonyl (C=O) groups excluding carboxylic acids is 1. The standard InChI is InChI=1S/C20H25NO4/c1-5-23-18-10-8-16(12-19(18)24-6-2)21-20(22)13-25-17-9-7-14(3)11-15(17)4/h7-12H,5-6,13H2,1-4H3,(H,21,22). The van der Waals surface area contributed by atoms with E-state index >= 15 is 0 Å². The van der Waals surface area contributed by atoms with Gasteiger partial charge in [0, 0.05) is 11.8 Å². The Bertz CT molecular complexity index is 728. The predicted octanol–water partition coefficient (Wildman–Crippen LogP) is 4.12.